The highest BCUT2D eigenvalue weighted by atomic mass is 16.5. The third-order valence-electron chi connectivity index (χ3n) is 3.35. The van der Waals surface area contributed by atoms with Crippen LogP contribution in [0.15, 0.2) is 34.7 Å². The number of unbranched alkanes of at least 4 members (excludes halogenated alkanes) is 1. The molecule has 22 heavy (non-hydrogen) atoms. The van der Waals surface area contributed by atoms with E-state index in [9.17, 15) is 9.59 Å². The highest BCUT2D eigenvalue weighted by molar-refractivity contribution is 5.81. The molecule has 0 fully saturated rings. The van der Waals surface area contributed by atoms with Crippen molar-refractivity contribution in [2.75, 3.05) is 6.61 Å². The summed E-state index contributed by atoms with van der Waals surface area (Å²) < 4.78 is 10.6. The number of nitrogens with one attached hydrogen (secondary N) is 1. The number of hydrogen-bond acceptors (Lipinski definition) is 4. The number of carbonyl (C=O) groups is 2. The molecule has 1 aromatic heterocycles. The molecule has 1 aromatic carbocycles. The molecule has 0 radical (unpaired) electrons. The van der Waals surface area contributed by atoms with Crippen LogP contribution in [-0.4, -0.2) is 18.5 Å². The maximum atomic E-state index is 11.8. The Bertz CT molecular complexity index is 614. The lowest BCUT2D eigenvalue weighted by atomic mass is 10.2. The van der Waals surface area contributed by atoms with E-state index >= 15 is 0 Å². The number of hydrogen-bond donors (Lipinski definition) is 1. The largest absolute Gasteiger partial charge is 0.459 e. The molecule has 0 bridgehead atoms. The smallest absolute Gasteiger partial charge is 0.306 e. The molecule has 5 nitrogen and oxygen atoms in total. The zero-order valence-electron chi connectivity index (χ0n) is 12.9. The molecule has 1 amide bonds. The quantitative estimate of drug-likeness (QED) is 0.796. The molecule has 1 N–H and O–H groups in total. The predicted octanol–water partition coefficient (Wildman–Crippen LogP) is 3.34. The van der Waals surface area contributed by atoms with Crippen molar-refractivity contribution in [2.24, 2.45) is 0 Å². The van der Waals surface area contributed by atoms with Gasteiger partial charge in [0.15, 0.2) is 6.61 Å². The second kappa shape index (κ2) is 7.64. The van der Waals surface area contributed by atoms with Crippen LogP contribution < -0.4 is 5.32 Å². The number of esters is 1. The first kappa shape index (κ1) is 16.1. The standard InChI is InChI=1S/C17H21NO4/c1-3-4-9-17(20)21-11-16(19)18-12(2)15-10-13-7-5-6-8-14(13)22-15/h5-8,10,12H,3-4,9,11H2,1-2H3,(H,18,19)/t12-/m1/s1. The Morgan fingerprint density at radius 1 is 1.32 bits per heavy atom. The third-order valence-corrected chi connectivity index (χ3v) is 3.35. The van der Waals surface area contributed by atoms with E-state index in [1.165, 1.54) is 0 Å². The molecule has 0 aliphatic heterocycles. The lowest BCUT2D eigenvalue weighted by Gasteiger charge is -2.11. The summed E-state index contributed by atoms with van der Waals surface area (Å²) >= 11 is 0. The molecular weight excluding hydrogens is 282 g/mol. The molecule has 0 saturated heterocycles. The van der Waals surface area contributed by atoms with Gasteiger partial charge in [0.05, 0.1) is 6.04 Å². The second-order valence-corrected chi connectivity index (χ2v) is 5.24. The number of furan rings is 1. The van der Waals surface area contributed by atoms with Crippen molar-refractivity contribution in [3.63, 3.8) is 0 Å². The fourth-order valence-electron chi connectivity index (χ4n) is 2.11. The Morgan fingerprint density at radius 3 is 2.82 bits per heavy atom. The second-order valence-electron chi connectivity index (χ2n) is 5.24. The summed E-state index contributed by atoms with van der Waals surface area (Å²) in [4.78, 5) is 23.1. The van der Waals surface area contributed by atoms with Crippen LogP contribution in [0.2, 0.25) is 0 Å². The zero-order valence-corrected chi connectivity index (χ0v) is 12.9. The highest BCUT2D eigenvalue weighted by Crippen LogP contribution is 2.23. The number of benzene rings is 1. The number of rotatable bonds is 7. The van der Waals surface area contributed by atoms with Crippen molar-refractivity contribution in [3.8, 4) is 0 Å². The lowest BCUT2D eigenvalue weighted by molar-refractivity contribution is -0.148. The van der Waals surface area contributed by atoms with E-state index in [0.29, 0.717) is 12.2 Å². The molecule has 1 heterocycles. The fraction of sp³-hybridized carbons (Fsp3) is 0.412. The molecule has 1 atom stereocenters. The van der Waals surface area contributed by atoms with Gasteiger partial charge in [-0.05, 0) is 25.5 Å². The Hall–Kier alpha value is -2.30. The zero-order chi connectivity index (χ0) is 15.9. The van der Waals surface area contributed by atoms with E-state index in [1.54, 1.807) is 0 Å². The summed E-state index contributed by atoms with van der Waals surface area (Å²) in [6.45, 7) is 3.57. The third kappa shape index (κ3) is 4.35. The van der Waals surface area contributed by atoms with Crippen LogP contribution in [0, 0.1) is 0 Å². The van der Waals surface area contributed by atoms with Crippen LogP contribution in [-0.2, 0) is 14.3 Å². The minimum absolute atomic E-state index is 0.257. The average molecular weight is 303 g/mol. The average Bonchev–Trinajstić information content (AvgIpc) is 2.95. The number of fused-ring (bicyclic) bond motifs is 1. The Balaban J connectivity index is 1.84. The van der Waals surface area contributed by atoms with E-state index in [2.05, 4.69) is 5.32 Å². The SMILES string of the molecule is CCCCC(=O)OCC(=O)N[C@H](C)c1cc2ccccc2o1. The van der Waals surface area contributed by atoms with Crippen LogP contribution in [0.25, 0.3) is 11.0 Å². The fourth-order valence-corrected chi connectivity index (χ4v) is 2.11. The van der Waals surface area contributed by atoms with Crippen LogP contribution >= 0.6 is 0 Å². The first-order valence-electron chi connectivity index (χ1n) is 7.53. The summed E-state index contributed by atoms with van der Waals surface area (Å²) in [5, 5.41) is 3.75. The summed E-state index contributed by atoms with van der Waals surface area (Å²) in [6, 6.07) is 9.27. The van der Waals surface area contributed by atoms with E-state index in [-0.39, 0.29) is 24.5 Å². The first-order valence-corrected chi connectivity index (χ1v) is 7.53. The van der Waals surface area contributed by atoms with Crippen LogP contribution in [0.3, 0.4) is 0 Å². The molecule has 5 heteroatoms. The molecule has 0 aliphatic rings. The molecule has 0 saturated carbocycles. The van der Waals surface area contributed by atoms with Gasteiger partial charge in [-0.25, -0.2) is 0 Å². The first-order chi connectivity index (χ1) is 10.6. The molecule has 0 spiro atoms. The van der Waals surface area contributed by atoms with Gasteiger partial charge >= 0.3 is 5.97 Å². The van der Waals surface area contributed by atoms with E-state index in [1.807, 2.05) is 44.2 Å². The summed E-state index contributed by atoms with van der Waals surface area (Å²) in [5.74, 6) is -0.00180. The molecule has 0 unspecified atom stereocenters. The molecule has 2 aromatic rings. The summed E-state index contributed by atoms with van der Waals surface area (Å²) in [5.41, 5.74) is 0.782. The minimum Gasteiger partial charge on any atom is -0.459 e. The van der Waals surface area contributed by atoms with Gasteiger partial charge in [-0.1, -0.05) is 31.5 Å². The van der Waals surface area contributed by atoms with Crippen LogP contribution in [0.1, 0.15) is 44.9 Å². The van der Waals surface area contributed by atoms with Gasteiger partial charge in [0.2, 0.25) is 0 Å². The summed E-state index contributed by atoms with van der Waals surface area (Å²) in [6.07, 6.45) is 2.04. The monoisotopic (exact) mass is 303 g/mol. The minimum atomic E-state index is -0.339. The van der Waals surface area contributed by atoms with Crippen molar-refractivity contribution in [2.45, 2.75) is 39.2 Å². The molecule has 2 rings (SSSR count). The van der Waals surface area contributed by atoms with Crippen molar-refractivity contribution < 1.29 is 18.7 Å². The van der Waals surface area contributed by atoms with Gasteiger partial charge in [0.1, 0.15) is 11.3 Å². The maximum Gasteiger partial charge on any atom is 0.306 e. The molecule has 118 valence electrons. The van der Waals surface area contributed by atoms with Gasteiger partial charge in [0, 0.05) is 11.8 Å². The number of para-hydroxylation sites is 1. The van der Waals surface area contributed by atoms with Crippen LogP contribution in [0.5, 0.6) is 0 Å². The van der Waals surface area contributed by atoms with E-state index in [0.717, 1.165) is 23.8 Å². The Labute approximate surface area is 129 Å². The van der Waals surface area contributed by atoms with Crippen molar-refractivity contribution >= 4 is 22.8 Å². The lowest BCUT2D eigenvalue weighted by Crippen LogP contribution is -2.30. The van der Waals surface area contributed by atoms with E-state index < -0.39 is 0 Å². The van der Waals surface area contributed by atoms with Gasteiger partial charge in [0.25, 0.3) is 5.91 Å². The normalized spacial score (nSPS) is 12.1. The topological polar surface area (TPSA) is 68.5 Å². The van der Waals surface area contributed by atoms with Gasteiger partial charge < -0.3 is 14.5 Å². The van der Waals surface area contributed by atoms with Crippen molar-refractivity contribution in [1.29, 1.82) is 0 Å². The van der Waals surface area contributed by atoms with Crippen LogP contribution in [0.4, 0.5) is 0 Å². The van der Waals surface area contributed by atoms with E-state index in [4.69, 9.17) is 9.15 Å². The Kier molecular flexibility index (Phi) is 5.58. The predicted molar refractivity (Wildman–Crippen MR) is 83.3 cm³/mol. The number of ether oxygens (including phenoxy) is 1. The van der Waals surface area contributed by atoms with Gasteiger partial charge in [-0.3, -0.25) is 9.59 Å². The number of amides is 1. The Morgan fingerprint density at radius 2 is 2.09 bits per heavy atom. The van der Waals surface area contributed by atoms with Gasteiger partial charge in [-0.15, -0.1) is 0 Å². The summed E-state index contributed by atoms with van der Waals surface area (Å²) in [7, 11) is 0. The van der Waals surface area contributed by atoms with Crippen molar-refractivity contribution in [3.05, 3.63) is 36.1 Å². The number of carbonyl (C=O) groups excluding carboxylic acids is 2. The maximum absolute atomic E-state index is 11.8. The van der Waals surface area contributed by atoms with Crippen molar-refractivity contribution in [1.82, 2.24) is 5.32 Å². The molecular formula is C17H21NO4. The molecule has 0 aliphatic carbocycles. The highest BCUT2D eigenvalue weighted by Gasteiger charge is 2.15. The van der Waals surface area contributed by atoms with Gasteiger partial charge in [-0.2, -0.15) is 0 Å².